The lowest BCUT2D eigenvalue weighted by Crippen LogP contribution is -2.14. The average molecular weight is 335 g/mol. The third-order valence-corrected chi connectivity index (χ3v) is 3.12. The van der Waals surface area contributed by atoms with Crippen molar-refractivity contribution in [1.82, 2.24) is 0 Å². The molecule has 0 aliphatic rings. The van der Waals surface area contributed by atoms with E-state index in [1.807, 2.05) is 13.8 Å². The second-order valence-electron chi connectivity index (χ2n) is 5.06. The summed E-state index contributed by atoms with van der Waals surface area (Å²) in [5, 5.41) is 13.8. The van der Waals surface area contributed by atoms with Gasteiger partial charge in [0, 0.05) is 16.8 Å². The topological polar surface area (TPSA) is 81.5 Å². The van der Waals surface area contributed by atoms with E-state index in [4.69, 9.17) is 16.3 Å². The first-order valence-electron chi connectivity index (χ1n) is 6.89. The van der Waals surface area contributed by atoms with E-state index < -0.39 is 10.8 Å². The molecule has 0 spiro atoms. The van der Waals surface area contributed by atoms with Crippen LogP contribution in [0.2, 0.25) is 5.02 Å². The quantitative estimate of drug-likeness (QED) is 0.653. The molecule has 0 saturated heterocycles. The number of carbonyl (C=O) groups is 1. The molecule has 0 heterocycles. The highest BCUT2D eigenvalue weighted by Gasteiger charge is 2.20. The predicted octanol–water partition coefficient (Wildman–Crippen LogP) is 4.29. The van der Waals surface area contributed by atoms with Gasteiger partial charge < -0.3 is 10.1 Å². The molecule has 2 aromatic carbocycles. The van der Waals surface area contributed by atoms with Crippen molar-refractivity contribution in [2.24, 2.45) is 0 Å². The first kappa shape index (κ1) is 16.8. The lowest BCUT2D eigenvalue weighted by Gasteiger charge is -2.10. The van der Waals surface area contributed by atoms with Gasteiger partial charge >= 0.3 is 0 Å². The van der Waals surface area contributed by atoms with Gasteiger partial charge in [-0.25, -0.2) is 0 Å². The Hall–Kier alpha value is -2.60. The molecular weight excluding hydrogens is 320 g/mol. The Kier molecular flexibility index (Phi) is 5.18. The van der Waals surface area contributed by atoms with E-state index in [-0.39, 0.29) is 22.4 Å². The van der Waals surface area contributed by atoms with Crippen LogP contribution in [-0.2, 0) is 0 Å². The van der Waals surface area contributed by atoms with E-state index in [1.54, 1.807) is 24.3 Å². The van der Waals surface area contributed by atoms with Gasteiger partial charge in [-0.3, -0.25) is 14.9 Å². The lowest BCUT2D eigenvalue weighted by molar-refractivity contribution is -0.385. The van der Waals surface area contributed by atoms with Crippen molar-refractivity contribution >= 4 is 28.9 Å². The number of hydrogen-bond donors (Lipinski definition) is 1. The monoisotopic (exact) mass is 334 g/mol. The second kappa shape index (κ2) is 7.11. The normalized spacial score (nSPS) is 10.4. The summed E-state index contributed by atoms with van der Waals surface area (Å²) >= 11 is 5.73. The molecule has 0 aliphatic heterocycles. The van der Waals surface area contributed by atoms with Gasteiger partial charge in [0.05, 0.1) is 11.0 Å². The Morgan fingerprint density at radius 3 is 2.43 bits per heavy atom. The number of nitro benzene ring substituents is 1. The number of benzene rings is 2. The van der Waals surface area contributed by atoms with Crippen molar-refractivity contribution in [2.45, 2.75) is 20.0 Å². The summed E-state index contributed by atoms with van der Waals surface area (Å²) in [6, 6.07) is 10.7. The third kappa shape index (κ3) is 4.43. The zero-order valence-electron chi connectivity index (χ0n) is 12.6. The van der Waals surface area contributed by atoms with E-state index in [1.165, 1.54) is 12.1 Å². The summed E-state index contributed by atoms with van der Waals surface area (Å²) in [7, 11) is 0. The maximum atomic E-state index is 12.2. The lowest BCUT2D eigenvalue weighted by atomic mass is 10.1. The largest absolute Gasteiger partial charge is 0.491 e. The molecule has 23 heavy (non-hydrogen) atoms. The van der Waals surface area contributed by atoms with Crippen molar-refractivity contribution in [2.75, 3.05) is 5.32 Å². The van der Waals surface area contributed by atoms with E-state index in [0.29, 0.717) is 11.4 Å². The van der Waals surface area contributed by atoms with Crippen molar-refractivity contribution in [3.63, 3.8) is 0 Å². The first-order valence-corrected chi connectivity index (χ1v) is 7.26. The number of rotatable bonds is 5. The highest BCUT2D eigenvalue weighted by atomic mass is 35.5. The molecule has 120 valence electrons. The minimum atomic E-state index is -0.639. The van der Waals surface area contributed by atoms with Crippen molar-refractivity contribution in [3.8, 4) is 5.75 Å². The van der Waals surface area contributed by atoms with Gasteiger partial charge in [0.25, 0.3) is 11.6 Å². The van der Waals surface area contributed by atoms with Gasteiger partial charge in [-0.1, -0.05) is 11.6 Å². The van der Waals surface area contributed by atoms with Crippen LogP contribution in [0.5, 0.6) is 5.75 Å². The molecule has 0 atom stereocenters. The zero-order valence-corrected chi connectivity index (χ0v) is 13.3. The molecule has 0 radical (unpaired) electrons. The number of anilines is 1. The fraction of sp³-hybridized carbons (Fsp3) is 0.188. The fourth-order valence-corrected chi connectivity index (χ4v) is 2.10. The molecule has 2 rings (SSSR count). The Morgan fingerprint density at radius 1 is 1.22 bits per heavy atom. The van der Waals surface area contributed by atoms with Crippen LogP contribution < -0.4 is 10.1 Å². The summed E-state index contributed by atoms with van der Waals surface area (Å²) in [4.78, 5) is 22.6. The molecule has 1 N–H and O–H groups in total. The number of nitrogens with one attached hydrogen (secondary N) is 1. The number of nitrogens with zero attached hydrogens (tertiary/aromatic N) is 1. The summed E-state index contributed by atoms with van der Waals surface area (Å²) in [6.45, 7) is 3.82. The highest BCUT2D eigenvalue weighted by Crippen LogP contribution is 2.24. The highest BCUT2D eigenvalue weighted by molar-refractivity contribution is 6.31. The molecule has 0 bridgehead atoms. The van der Waals surface area contributed by atoms with Crippen molar-refractivity contribution in [1.29, 1.82) is 0 Å². The number of nitro groups is 1. The van der Waals surface area contributed by atoms with E-state index >= 15 is 0 Å². The van der Waals surface area contributed by atoms with Crippen LogP contribution in [0.15, 0.2) is 42.5 Å². The van der Waals surface area contributed by atoms with Crippen LogP contribution in [-0.4, -0.2) is 16.9 Å². The van der Waals surface area contributed by atoms with Crippen LogP contribution in [0.1, 0.15) is 24.2 Å². The molecule has 0 aliphatic carbocycles. The van der Waals surface area contributed by atoms with Crippen molar-refractivity contribution in [3.05, 3.63) is 63.2 Å². The van der Waals surface area contributed by atoms with Crippen LogP contribution in [0.3, 0.4) is 0 Å². The van der Waals surface area contributed by atoms with Gasteiger partial charge in [0.1, 0.15) is 11.3 Å². The maximum absolute atomic E-state index is 12.2. The summed E-state index contributed by atoms with van der Waals surface area (Å²) in [5.41, 5.74) is 0.118. The Balaban J connectivity index is 2.18. The zero-order chi connectivity index (χ0) is 17.0. The predicted molar refractivity (Wildman–Crippen MR) is 88.3 cm³/mol. The van der Waals surface area contributed by atoms with Gasteiger partial charge in [-0.05, 0) is 50.2 Å². The fourth-order valence-electron chi connectivity index (χ4n) is 1.94. The summed E-state index contributed by atoms with van der Waals surface area (Å²) in [5.74, 6) is 0.0985. The van der Waals surface area contributed by atoms with Crippen LogP contribution in [0.4, 0.5) is 11.4 Å². The van der Waals surface area contributed by atoms with Gasteiger partial charge in [0.2, 0.25) is 0 Å². The standard InChI is InChI=1S/C16H15ClN2O4/c1-10(2)23-13-6-4-12(5-7-13)18-16(20)14-8-3-11(17)9-15(14)19(21)22/h3-10H,1-2H3,(H,18,20). The SMILES string of the molecule is CC(C)Oc1ccc(NC(=O)c2ccc(Cl)cc2[N+](=O)[O-])cc1. The van der Waals surface area contributed by atoms with E-state index in [2.05, 4.69) is 5.32 Å². The molecule has 7 heteroatoms. The van der Waals surface area contributed by atoms with Crippen LogP contribution in [0, 0.1) is 10.1 Å². The van der Waals surface area contributed by atoms with Gasteiger partial charge in [-0.15, -0.1) is 0 Å². The smallest absolute Gasteiger partial charge is 0.283 e. The molecular formula is C16H15ClN2O4. The van der Waals surface area contributed by atoms with Gasteiger partial charge in [0.15, 0.2) is 0 Å². The Bertz CT molecular complexity index is 729. The molecule has 0 saturated carbocycles. The molecule has 1 amide bonds. The minimum Gasteiger partial charge on any atom is -0.491 e. The number of amides is 1. The number of carbonyl (C=O) groups excluding carboxylic acids is 1. The van der Waals surface area contributed by atoms with Gasteiger partial charge in [-0.2, -0.15) is 0 Å². The molecule has 2 aromatic rings. The van der Waals surface area contributed by atoms with E-state index in [0.717, 1.165) is 6.07 Å². The summed E-state index contributed by atoms with van der Waals surface area (Å²) in [6.07, 6.45) is 0.0483. The average Bonchev–Trinajstić information content (AvgIpc) is 2.48. The number of ether oxygens (including phenoxy) is 1. The molecule has 0 unspecified atom stereocenters. The van der Waals surface area contributed by atoms with Crippen LogP contribution in [0.25, 0.3) is 0 Å². The molecule has 6 nitrogen and oxygen atoms in total. The van der Waals surface area contributed by atoms with Crippen LogP contribution >= 0.6 is 11.6 Å². The Morgan fingerprint density at radius 2 is 1.87 bits per heavy atom. The second-order valence-corrected chi connectivity index (χ2v) is 5.50. The number of halogens is 1. The molecule has 0 fully saturated rings. The summed E-state index contributed by atoms with van der Waals surface area (Å²) < 4.78 is 5.51. The Labute approximate surface area is 138 Å². The maximum Gasteiger partial charge on any atom is 0.283 e. The number of hydrogen-bond acceptors (Lipinski definition) is 4. The first-order chi connectivity index (χ1) is 10.9. The van der Waals surface area contributed by atoms with Crippen molar-refractivity contribution < 1.29 is 14.5 Å². The van der Waals surface area contributed by atoms with E-state index in [9.17, 15) is 14.9 Å². The minimum absolute atomic E-state index is 0.0483. The third-order valence-electron chi connectivity index (χ3n) is 2.89. The molecule has 0 aromatic heterocycles.